The molecule has 25 heavy (non-hydrogen) atoms. The van der Waals surface area contributed by atoms with Crippen LogP contribution < -0.4 is 11.3 Å². The highest BCUT2D eigenvalue weighted by molar-refractivity contribution is 6.30. The average molecular weight is 360 g/mol. The Kier molecular flexibility index (Phi) is 4.85. The molecular weight excluding hydrogens is 342 g/mol. The molecule has 0 saturated carbocycles. The highest BCUT2D eigenvalue weighted by Crippen LogP contribution is 2.21. The summed E-state index contributed by atoms with van der Waals surface area (Å²) < 4.78 is 6.49. The van der Waals surface area contributed by atoms with E-state index in [1.165, 1.54) is 10.9 Å². The molecule has 1 aromatic carbocycles. The largest absolute Gasteiger partial charge is 0.397 e. The van der Waals surface area contributed by atoms with Crippen LogP contribution in [0.25, 0.3) is 0 Å². The SMILES string of the molecule is Cc1c(N)cnn(Cc2nc(CC(C)c3ccc(Cl)cc3)no2)c1=O. The van der Waals surface area contributed by atoms with Gasteiger partial charge in [0.05, 0.1) is 11.9 Å². The number of hydrogen-bond acceptors (Lipinski definition) is 6. The van der Waals surface area contributed by atoms with Gasteiger partial charge in [0.1, 0.15) is 6.54 Å². The number of nitrogen functional groups attached to an aromatic ring is 1. The summed E-state index contributed by atoms with van der Waals surface area (Å²) in [4.78, 5) is 16.5. The van der Waals surface area contributed by atoms with Gasteiger partial charge in [-0.1, -0.05) is 35.8 Å². The summed E-state index contributed by atoms with van der Waals surface area (Å²) >= 11 is 5.91. The molecule has 0 bridgehead atoms. The Bertz CT molecular complexity index is 933. The third-order valence-electron chi connectivity index (χ3n) is 4.05. The van der Waals surface area contributed by atoms with E-state index in [1.54, 1.807) is 6.92 Å². The van der Waals surface area contributed by atoms with Crippen LogP contribution in [0.4, 0.5) is 5.69 Å². The van der Waals surface area contributed by atoms with Crippen molar-refractivity contribution < 1.29 is 4.52 Å². The van der Waals surface area contributed by atoms with Crippen LogP contribution in [0.15, 0.2) is 39.8 Å². The topological polar surface area (TPSA) is 99.8 Å². The highest BCUT2D eigenvalue weighted by Gasteiger charge is 2.14. The molecule has 0 fully saturated rings. The first kappa shape index (κ1) is 17.2. The summed E-state index contributed by atoms with van der Waals surface area (Å²) in [5.74, 6) is 1.12. The molecule has 130 valence electrons. The molecule has 3 rings (SSSR count). The third kappa shape index (κ3) is 3.88. The lowest BCUT2D eigenvalue weighted by Gasteiger charge is -2.08. The summed E-state index contributed by atoms with van der Waals surface area (Å²) in [5.41, 5.74) is 7.36. The molecule has 2 N–H and O–H groups in total. The number of halogens is 1. The normalized spacial score (nSPS) is 12.3. The second kappa shape index (κ2) is 7.06. The van der Waals surface area contributed by atoms with Crippen LogP contribution in [-0.4, -0.2) is 19.9 Å². The maximum absolute atomic E-state index is 12.1. The first-order valence-corrected chi connectivity index (χ1v) is 8.21. The zero-order valence-electron chi connectivity index (χ0n) is 13.9. The van der Waals surface area contributed by atoms with Gasteiger partial charge in [0.2, 0.25) is 5.89 Å². The molecule has 3 aromatic rings. The van der Waals surface area contributed by atoms with Gasteiger partial charge in [-0.05, 0) is 30.5 Å². The fourth-order valence-corrected chi connectivity index (χ4v) is 2.59. The van der Waals surface area contributed by atoms with E-state index in [4.69, 9.17) is 21.9 Å². The monoisotopic (exact) mass is 359 g/mol. The number of benzene rings is 1. The van der Waals surface area contributed by atoms with Crippen molar-refractivity contribution >= 4 is 17.3 Å². The van der Waals surface area contributed by atoms with Gasteiger partial charge in [-0.25, -0.2) is 4.68 Å². The molecule has 0 aliphatic rings. The number of anilines is 1. The maximum atomic E-state index is 12.1. The van der Waals surface area contributed by atoms with Crippen LogP contribution in [0.2, 0.25) is 5.02 Å². The molecule has 2 aromatic heterocycles. The fraction of sp³-hybridized carbons (Fsp3) is 0.294. The van der Waals surface area contributed by atoms with Crippen molar-refractivity contribution in [2.45, 2.75) is 32.7 Å². The minimum absolute atomic E-state index is 0.113. The van der Waals surface area contributed by atoms with Crippen molar-refractivity contribution in [3.8, 4) is 0 Å². The lowest BCUT2D eigenvalue weighted by Crippen LogP contribution is -2.26. The van der Waals surface area contributed by atoms with Gasteiger partial charge >= 0.3 is 0 Å². The van der Waals surface area contributed by atoms with Crippen molar-refractivity contribution in [2.75, 3.05) is 5.73 Å². The summed E-state index contributed by atoms with van der Waals surface area (Å²) in [5, 5.41) is 8.69. The van der Waals surface area contributed by atoms with E-state index >= 15 is 0 Å². The Morgan fingerprint density at radius 3 is 2.76 bits per heavy atom. The van der Waals surface area contributed by atoms with Gasteiger partial charge in [-0.2, -0.15) is 10.1 Å². The van der Waals surface area contributed by atoms with Crippen LogP contribution in [0.3, 0.4) is 0 Å². The Morgan fingerprint density at radius 2 is 2.04 bits per heavy atom. The Balaban J connectivity index is 1.71. The van der Waals surface area contributed by atoms with E-state index in [0.29, 0.717) is 34.4 Å². The summed E-state index contributed by atoms with van der Waals surface area (Å²) in [6.45, 7) is 3.85. The molecule has 7 nitrogen and oxygen atoms in total. The van der Waals surface area contributed by atoms with Crippen molar-refractivity contribution in [3.63, 3.8) is 0 Å². The zero-order chi connectivity index (χ0) is 18.0. The van der Waals surface area contributed by atoms with E-state index in [1.807, 2.05) is 24.3 Å². The van der Waals surface area contributed by atoms with Crippen molar-refractivity contribution in [2.24, 2.45) is 0 Å². The van der Waals surface area contributed by atoms with Gasteiger partial charge in [0.15, 0.2) is 5.82 Å². The van der Waals surface area contributed by atoms with E-state index < -0.39 is 0 Å². The first-order chi connectivity index (χ1) is 11.9. The van der Waals surface area contributed by atoms with E-state index in [2.05, 4.69) is 22.2 Å². The van der Waals surface area contributed by atoms with Crippen LogP contribution in [0.5, 0.6) is 0 Å². The average Bonchev–Trinajstić information content (AvgIpc) is 3.03. The smallest absolute Gasteiger partial charge is 0.272 e. The fourth-order valence-electron chi connectivity index (χ4n) is 2.46. The molecule has 0 radical (unpaired) electrons. The Hall–Kier alpha value is -2.67. The molecule has 0 saturated heterocycles. The van der Waals surface area contributed by atoms with Crippen LogP contribution in [-0.2, 0) is 13.0 Å². The predicted molar refractivity (Wildman–Crippen MR) is 94.6 cm³/mol. The highest BCUT2D eigenvalue weighted by atomic mass is 35.5. The Labute approximate surface area is 149 Å². The summed E-state index contributed by atoms with van der Waals surface area (Å²) in [6, 6.07) is 7.68. The summed E-state index contributed by atoms with van der Waals surface area (Å²) in [7, 11) is 0. The van der Waals surface area contributed by atoms with Crippen molar-refractivity contribution in [1.82, 2.24) is 19.9 Å². The third-order valence-corrected chi connectivity index (χ3v) is 4.30. The van der Waals surface area contributed by atoms with Gasteiger partial charge < -0.3 is 10.3 Å². The molecule has 8 heteroatoms. The van der Waals surface area contributed by atoms with Crippen LogP contribution in [0.1, 0.15) is 35.7 Å². The zero-order valence-corrected chi connectivity index (χ0v) is 14.7. The molecule has 0 spiro atoms. The maximum Gasteiger partial charge on any atom is 0.272 e. The van der Waals surface area contributed by atoms with Crippen LogP contribution in [0, 0.1) is 6.92 Å². The Morgan fingerprint density at radius 1 is 1.32 bits per heavy atom. The van der Waals surface area contributed by atoms with E-state index in [0.717, 1.165) is 5.56 Å². The predicted octanol–water partition coefficient (Wildman–Crippen LogP) is 2.56. The number of nitrogens with two attached hydrogens (primary N) is 1. The van der Waals surface area contributed by atoms with Gasteiger partial charge in [0.25, 0.3) is 5.56 Å². The molecule has 0 aliphatic carbocycles. The lowest BCUT2D eigenvalue weighted by molar-refractivity contribution is 0.357. The molecule has 0 aliphatic heterocycles. The molecule has 1 unspecified atom stereocenters. The molecule has 1 atom stereocenters. The summed E-state index contributed by atoms with van der Waals surface area (Å²) in [6.07, 6.45) is 2.06. The standard InChI is InChI=1S/C17H18ClN5O2/c1-10(12-3-5-13(18)6-4-12)7-15-21-16(25-22-15)9-23-17(24)11(2)14(19)8-20-23/h3-6,8,10H,7,9,19H2,1-2H3. The molecule has 0 amide bonds. The lowest BCUT2D eigenvalue weighted by atomic mass is 9.98. The first-order valence-electron chi connectivity index (χ1n) is 7.83. The number of hydrogen-bond donors (Lipinski definition) is 1. The van der Waals surface area contributed by atoms with Gasteiger partial charge in [-0.15, -0.1) is 0 Å². The van der Waals surface area contributed by atoms with Gasteiger partial charge in [0, 0.05) is 17.0 Å². The van der Waals surface area contributed by atoms with Crippen molar-refractivity contribution in [1.29, 1.82) is 0 Å². The number of rotatable bonds is 5. The second-order valence-electron chi connectivity index (χ2n) is 5.95. The molecular formula is C17H18ClN5O2. The van der Waals surface area contributed by atoms with Crippen LogP contribution >= 0.6 is 11.6 Å². The quantitative estimate of drug-likeness (QED) is 0.751. The van der Waals surface area contributed by atoms with Crippen molar-refractivity contribution in [3.05, 3.63) is 68.7 Å². The molecule has 2 heterocycles. The van der Waals surface area contributed by atoms with E-state index in [9.17, 15) is 4.79 Å². The minimum Gasteiger partial charge on any atom is -0.397 e. The number of nitrogens with zero attached hydrogens (tertiary/aromatic N) is 4. The van der Waals surface area contributed by atoms with E-state index in [-0.39, 0.29) is 18.0 Å². The number of aromatic nitrogens is 4. The van der Waals surface area contributed by atoms with Gasteiger partial charge in [-0.3, -0.25) is 4.79 Å². The second-order valence-corrected chi connectivity index (χ2v) is 6.39. The minimum atomic E-state index is -0.269.